The molecular formula is C14H11Cl2N3S. The van der Waals surface area contributed by atoms with E-state index >= 15 is 0 Å². The van der Waals surface area contributed by atoms with Crippen LogP contribution < -0.4 is 11.3 Å². The third kappa shape index (κ3) is 2.53. The number of benzene rings is 1. The summed E-state index contributed by atoms with van der Waals surface area (Å²) in [5.41, 5.74) is 5.64. The number of thiophene rings is 1. The van der Waals surface area contributed by atoms with Crippen LogP contribution in [0.5, 0.6) is 0 Å². The number of nitrogens with zero attached hydrogens (tertiary/aromatic N) is 1. The van der Waals surface area contributed by atoms with Crippen LogP contribution in [0.2, 0.25) is 8.67 Å². The molecule has 0 saturated carbocycles. The first kappa shape index (κ1) is 13.8. The molecule has 1 aromatic carbocycles. The van der Waals surface area contributed by atoms with E-state index in [1.807, 2.05) is 30.3 Å². The number of nitrogens with two attached hydrogens (primary N) is 1. The van der Waals surface area contributed by atoms with Crippen molar-refractivity contribution in [2.45, 2.75) is 6.04 Å². The summed E-state index contributed by atoms with van der Waals surface area (Å²) in [6.07, 6.45) is 1.77. The quantitative estimate of drug-likeness (QED) is 0.562. The molecule has 0 saturated heterocycles. The van der Waals surface area contributed by atoms with Crippen molar-refractivity contribution < 1.29 is 0 Å². The molecule has 6 heteroatoms. The minimum atomic E-state index is -0.198. The van der Waals surface area contributed by atoms with E-state index in [2.05, 4.69) is 16.5 Å². The molecule has 0 spiro atoms. The van der Waals surface area contributed by atoms with Crippen molar-refractivity contribution >= 4 is 45.4 Å². The molecule has 2 heterocycles. The second kappa shape index (κ2) is 5.68. The molecule has 0 aliphatic carbocycles. The average Bonchev–Trinajstić information content (AvgIpc) is 2.78. The summed E-state index contributed by atoms with van der Waals surface area (Å²) >= 11 is 13.6. The van der Waals surface area contributed by atoms with Crippen molar-refractivity contribution in [3.05, 3.63) is 62.4 Å². The second-order valence-corrected chi connectivity index (χ2v) is 6.62. The van der Waals surface area contributed by atoms with Gasteiger partial charge in [-0.15, -0.1) is 11.3 Å². The summed E-state index contributed by atoms with van der Waals surface area (Å²) in [5, 5.41) is 1.06. The Morgan fingerprint density at radius 2 is 2.05 bits per heavy atom. The van der Waals surface area contributed by atoms with Crippen LogP contribution in [0.4, 0.5) is 0 Å². The number of hydrazine groups is 1. The molecule has 0 radical (unpaired) electrons. The maximum absolute atomic E-state index is 6.21. The summed E-state index contributed by atoms with van der Waals surface area (Å²) in [4.78, 5) is 4.31. The lowest BCUT2D eigenvalue weighted by Crippen LogP contribution is -2.28. The molecule has 3 aromatic rings. The van der Waals surface area contributed by atoms with Gasteiger partial charge < -0.3 is 0 Å². The van der Waals surface area contributed by atoms with Crippen molar-refractivity contribution in [3.8, 4) is 0 Å². The zero-order chi connectivity index (χ0) is 14.1. The highest BCUT2D eigenvalue weighted by Crippen LogP contribution is 2.37. The Morgan fingerprint density at radius 3 is 2.75 bits per heavy atom. The lowest BCUT2D eigenvalue weighted by molar-refractivity contribution is 0.639. The molecule has 1 atom stereocenters. The molecule has 0 aliphatic heterocycles. The van der Waals surface area contributed by atoms with E-state index in [-0.39, 0.29) is 6.04 Å². The van der Waals surface area contributed by atoms with Gasteiger partial charge in [0.2, 0.25) is 0 Å². The molecule has 0 fully saturated rings. The Morgan fingerprint density at radius 1 is 1.20 bits per heavy atom. The predicted octanol–water partition coefficient (Wildman–Crippen LogP) is 4.16. The maximum Gasteiger partial charge on any atom is 0.0995 e. The number of fused-ring (bicyclic) bond motifs is 1. The topological polar surface area (TPSA) is 50.9 Å². The number of aromatic nitrogens is 1. The molecule has 0 bridgehead atoms. The van der Waals surface area contributed by atoms with Crippen LogP contribution in [-0.4, -0.2) is 4.98 Å². The van der Waals surface area contributed by atoms with E-state index in [1.54, 1.807) is 6.20 Å². The fourth-order valence-electron chi connectivity index (χ4n) is 2.19. The number of rotatable bonds is 3. The van der Waals surface area contributed by atoms with E-state index in [4.69, 9.17) is 29.0 Å². The predicted molar refractivity (Wildman–Crippen MR) is 85.2 cm³/mol. The molecule has 0 amide bonds. The van der Waals surface area contributed by atoms with Crippen molar-refractivity contribution in [2.75, 3.05) is 0 Å². The Hall–Kier alpha value is -1.17. The first-order valence-electron chi connectivity index (χ1n) is 5.94. The number of halogens is 2. The average molecular weight is 324 g/mol. The minimum Gasteiger partial charge on any atom is -0.271 e. The highest BCUT2D eigenvalue weighted by atomic mass is 35.5. The van der Waals surface area contributed by atoms with Crippen LogP contribution in [0.1, 0.15) is 17.2 Å². The van der Waals surface area contributed by atoms with E-state index < -0.39 is 0 Å². The van der Waals surface area contributed by atoms with Gasteiger partial charge in [-0.2, -0.15) is 0 Å². The first-order chi connectivity index (χ1) is 9.69. The van der Waals surface area contributed by atoms with Gasteiger partial charge in [0.1, 0.15) is 0 Å². The maximum atomic E-state index is 6.21. The number of hydrogen-bond acceptors (Lipinski definition) is 4. The Labute approximate surface area is 130 Å². The van der Waals surface area contributed by atoms with Gasteiger partial charge in [-0.3, -0.25) is 10.8 Å². The number of nitrogens with one attached hydrogen (secondary N) is 1. The van der Waals surface area contributed by atoms with Crippen LogP contribution in [0.3, 0.4) is 0 Å². The van der Waals surface area contributed by atoms with Crippen molar-refractivity contribution in [3.63, 3.8) is 0 Å². The van der Waals surface area contributed by atoms with Crippen molar-refractivity contribution in [1.29, 1.82) is 0 Å². The van der Waals surface area contributed by atoms with E-state index in [0.717, 1.165) is 22.0 Å². The highest BCUT2D eigenvalue weighted by Gasteiger charge is 2.18. The van der Waals surface area contributed by atoms with Gasteiger partial charge in [-0.25, -0.2) is 5.43 Å². The molecule has 3 N–H and O–H groups in total. The van der Waals surface area contributed by atoms with Crippen molar-refractivity contribution in [1.82, 2.24) is 10.4 Å². The van der Waals surface area contributed by atoms with Crippen LogP contribution in [0.15, 0.2) is 42.6 Å². The standard InChI is InChI=1S/C14H11Cl2N3S/c15-12-7-10(14(16)20-12)13(19-17)9-3-4-11-8(6-9)2-1-5-18-11/h1-7,13,19H,17H2. The number of hydrogen-bond donors (Lipinski definition) is 2. The monoisotopic (exact) mass is 323 g/mol. The van der Waals surface area contributed by atoms with Gasteiger partial charge in [-0.1, -0.05) is 35.3 Å². The summed E-state index contributed by atoms with van der Waals surface area (Å²) in [5.74, 6) is 5.70. The van der Waals surface area contributed by atoms with Gasteiger partial charge in [0.05, 0.1) is 20.2 Å². The van der Waals surface area contributed by atoms with Crippen LogP contribution >= 0.6 is 34.5 Å². The Kier molecular flexibility index (Phi) is 3.92. The summed E-state index contributed by atoms with van der Waals surface area (Å²) in [6.45, 7) is 0. The normalized spacial score (nSPS) is 12.8. The van der Waals surface area contributed by atoms with Gasteiger partial charge in [0.15, 0.2) is 0 Å². The van der Waals surface area contributed by atoms with E-state index in [0.29, 0.717) is 8.67 Å². The summed E-state index contributed by atoms with van der Waals surface area (Å²) in [6, 6.07) is 11.6. The van der Waals surface area contributed by atoms with Crippen molar-refractivity contribution in [2.24, 2.45) is 5.84 Å². The Bertz CT molecular complexity index is 757. The fourth-order valence-corrected chi connectivity index (χ4v) is 3.72. The van der Waals surface area contributed by atoms with Gasteiger partial charge in [0.25, 0.3) is 0 Å². The smallest absolute Gasteiger partial charge is 0.0995 e. The second-order valence-electron chi connectivity index (χ2n) is 4.33. The molecule has 3 rings (SSSR count). The molecule has 2 aromatic heterocycles. The van der Waals surface area contributed by atoms with Crippen LogP contribution in [0.25, 0.3) is 10.9 Å². The third-order valence-corrected chi connectivity index (χ3v) is 4.64. The van der Waals surface area contributed by atoms with E-state index in [1.165, 1.54) is 11.3 Å². The highest BCUT2D eigenvalue weighted by molar-refractivity contribution is 7.20. The SMILES string of the molecule is NNC(c1ccc2ncccc2c1)c1cc(Cl)sc1Cl. The van der Waals surface area contributed by atoms with E-state index in [9.17, 15) is 0 Å². The molecule has 0 aliphatic rings. The third-order valence-electron chi connectivity index (χ3n) is 3.12. The largest absolute Gasteiger partial charge is 0.271 e. The van der Waals surface area contributed by atoms with Gasteiger partial charge >= 0.3 is 0 Å². The zero-order valence-electron chi connectivity index (χ0n) is 10.3. The van der Waals surface area contributed by atoms with Gasteiger partial charge in [-0.05, 0) is 29.8 Å². The van der Waals surface area contributed by atoms with Crippen LogP contribution in [-0.2, 0) is 0 Å². The lowest BCUT2D eigenvalue weighted by Gasteiger charge is -2.16. The van der Waals surface area contributed by atoms with Gasteiger partial charge in [0, 0.05) is 17.1 Å². The molecule has 3 nitrogen and oxygen atoms in total. The molecular weight excluding hydrogens is 313 g/mol. The minimum absolute atomic E-state index is 0.198. The first-order valence-corrected chi connectivity index (χ1v) is 7.52. The Balaban J connectivity index is 2.09. The molecule has 1 unspecified atom stereocenters. The molecule has 20 heavy (non-hydrogen) atoms. The number of pyridine rings is 1. The van der Waals surface area contributed by atoms with Crippen LogP contribution in [0, 0.1) is 0 Å². The fraction of sp³-hybridized carbons (Fsp3) is 0.0714. The molecule has 102 valence electrons. The summed E-state index contributed by atoms with van der Waals surface area (Å²) < 4.78 is 1.29. The lowest BCUT2D eigenvalue weighted by atomic mass is 10.00. The zero-order valence-corrected chi connectivity index (χ0v) is 12.6. The summed E-state index contributed by atoms with van der Waals surface area (Å²) in [7, 11) is 0.